The number of aromatic amines is 1. The number of carbonyl (C=O) groups is 1. The molecule has 0 fully saturated rings. The molecule has 0 unspecified atom stereocenters. The van der Waals surface area contributed by atoms with Gasteiger partial charge < -0.3 is 4.90 Å². The van der Waals surface area contributed by atoms with Crippen molar-refractivity contribution in [2.45, 2.75) is 19.9 Å². The Morgan fingerprint density at radius 2 is 2.08 bits per heavy atom. The van der Waals surface area contributed by atoms with Crippen LogP contribution in [0.25, 0.3) is 0 Å². The first-order valence-electron chi connectivity index (χ1n) is 7.33. The van der Waals surface area contributed by atoms with Gasteiger partial charge in [-0.1, -0.05) is 12.1 Å². The van der Waals surface area contributed by atoms with Gasteiger partial charge in [-0.15, -0.1) is 11.3 Å². The smallest absolute Gasteiger partial charge is 0.266 e. The second-order valence-electron chi connectivity index (χ2n) is 5.42. The van der Waals surface area contributed by atoms with Crippen LogP contribution < -0.4 is 0 Å². The first-order chi connectivity index (χ1) is 11.5. The van der Waals surface area contributed by atoms with Gasteiger partial charge in [0.05, 0.1) is 17.2 Å². The van der Waals surface area contributed by atoms with E-state index in [0.29, 0.717) is 29.4 Å². The molecule has 1 aromatic carbocycles. The lowest BCUT2D eigenvalue weighted by Crippen LogP contribution is -2.26. The second-order valence-corrected chi connectivity index (χ2v) is 6.50. The average molecular weight is 345 g/mol. The number of benzene rings is 1. The van der Waals surface area contributed by atoms with Gasteiger partial charge in [-0.25, -0.2) is 14.4 Å². The summed E-state index contributed by atoms with van der Waals surface area (Å²) < 4.78 is 13.0. The molecule has 2 heterocycles. The SMILES string of the molecule is Cc1nc(Cc2ccc(F)cc2)sc1C(=O)N(C)Cc1ncn[nH]1. The van der Waals surface area contributed by atoms with E-state index in [-0.39, 0.29) is 11.7 Å². The zero-order valence-electron chi connectivity index (χ0n) is 13.3. The van der Waals surface area contributed by atoms with Crippen molar-refractivity contribution in [2.24, 2.45) is 0 Å². The van der Waals surface area contributed by atoms with Crippen LogP contribution in [0.3, 0.4) is 0 Å². The molecule has 0 atom stereocenters. The molecule has 0 aliphatic carbocycles. The van der Waals surface area contributed by atoms with E-state index in [1.165, 1.54) is 29.8 Å². The van der Waals surface area contributed by atoms with E-state index in [1.807, 2.05) is 6.92 Å². The summed E-state index contributed by atoms with van der Waals surface area (Å²) in [5.41, 5.74) is 1.66. The first-order valence-corrected chi connectivity index (χ1v) is 8.15. The number of amides is 1. The normalized spacial score (nSPS) is 10.8. The van der Waals surface area contributed by atoms with Crippen LogP contribution in [0.2, 0.25) is 0 Å². The number of carbonyl (C=O) groups excluding carboxylic acids is 1. The number of nitrogens with zero attached hydrogens (tertiary/aromatic N) is 4. The largest absolute Gasteiger partial charge is 0.333 e. The highest BCUT2D eigenvalue weighted by molar-refractivity contribution is 7.13. The zero-order chi connectivity index (χ0) is 17.1. The summed E-state index contributed by atoms with van der Waals surface area (Å²) >= 11 is 1.37. The molecule has 6 nitrogen and oxygen atoms in total. The number of rotatable bonds is 5. The maximum Gasteiger partial charge on any atom is 0.266 e. The molecule has 1 amide bonds. The minimum atomic E-state index is -0.265. The molecule has 0 saturated carbocycles. The van der Waals surface area contributed by atoms with Crippen molar-refractivity contribution in [3.05, 3.63) is 63.4 Å². The predicted molar refractivity (Wildman–Crippen MR) is 88.2 cm³/mol. The Balaban J connectivity index is 1.73. The van der Waals surface area contributed by atoms with E-state index in [1.54, 1.807) is 24.1 Å². The Kier molecular flexibility index (Phi) is 4.66. The van der Waals surface area contributed by atoms with Crippen molar-refractivity contribution in [2.75, 3.05) is 7.05 Å². The van der Waals surface area contributed by atoms with Crippen molar-refractivity contribution in [1.29, 1.82) is 0 Å². The zero-order valence-corrected chi connectivity index (χ0v) is 14.1. The summed E-state index contributed by atoms with van der Waals surface area (Å²) in [7, 11) is 1.71. The lowest BCUT2D eigenvalue weighted by molar-refractivity contribution is 0.0785. The van der Waals surface area contributed by atoms with Crippen LogP contribution in [0.5, 0.6) is 0 Å². The van der Waals surface area contributed by atoms with Crippen molar-refractivity contribution >= 4 is 17.2 Å². The fraction of sp³-hybridized carbons (Fsp3) is 0.250. The molecule has 0 saturated heterocycles. The first kappa shape index (κ1) is 16.3. The minimum Gasteiger partial charge on any atom is -0.333 e. The number of thiazole rings is 1. The maximum atomic E-state index is 13.0. The standard InChI is InChI=1S/C16H16FN5OS/c1-10-15(16(23)22(2)8-13-18-9-19-21-13)24-14(20-10)7-11-3-5-12(17)6-4-11/h3-6,9H,7-8H2,1-2H3,(H,18,19,21). The van der Waals surface area contributed by atoms with Crippen LogP contribution in [0.15, 0.2) is 30.6 Å². The number of aryl methyl sites for hydroxylation is 1. The van der Waals surface area contributed by atoms with Crippen LogP contribution in [0.4, 0.5) is 4.39 Å². The Hall–Kier alpha value is -2.61. The molecular formula is C16H16FN5OS. The molecule has 3 rings (SSSR count). The monoisotopic (exact) mass is 345 g/mol. The van der Waals surface area contributed by atoms with Crippen molar-refractivity contribution < 1.29 is 9.18 Å². The van der Waals surface area contributed by atoms with Gasteiger partial charge in [0.25, 0.3) is 5.91 Å². The minimum absolute atomic E-state index is 0.105. The van der Waals surface area contributed by atoms with Gasteiger partial charge >= 0.3 is 0 Å². The van der Waals surface area contributed by atoms with E-state index >= 15 is 0 Å². The summed E-state index contributed by atoms with van der Waals surface area (Å²) in [6.45, 7) is 2.17. The number of H-pyrrole nitrogens is 1. The Labute approximate surface area is 142 Å². The molecule has 0 aliphatic rings. The van der Waals surface area contributed by atoms with Crippen molar-refractivity contribution in [1.82, 2.24) is 25.1 Å². The molecule has 0 bridgehead atoms. The van der Waals surface area contributed by atoms with Gasteiger partial charge in [-0.05, 0) is 24.6 Å². The third-order valence-electron chi connectivity index (χ3n) is 3.50. The lowest BCUT2D eigenvalue weighted by Gasteiger charge is -2.14. The highest BCUT2D eigenvalue weighted by Gasteiger charge is 2.20. The molecular weight excluding hydrogens is 329 g/mol. The molecule has 1 N–H and O–H groups in total. The molecule has 2 aromatic heterocycles. The van der Waals surface area contributed by atoms with E-state index in [0.717, 1.165) is 10.6 Å². The van der Waals surface area contributed by atoms with Gasteiger partial charge in [-0.2, -0.15) is 5.10 Å². The summed E-state index contributed by atoms with van der Waals surface area (Å²) in [5.74, 6) is 0.255. The molecule has 24 heavy (non-hydrogen) atoms. The number of hydrogen-bond donors (Lipinski definition) is 1. The fourth-order valence-electron chi connectivity index (χ4n) is 2.28. The molecule has 0 spiro atoms. The molecule has 124 valence electrons. The highest BCUT2D eigenvalue weighted by atomic mass is 32.1. The summed E-state index contributed by atoms with van der Waals surface area (Å²) in [5, 5.41) is 7.33. The van der Waals surface area contributed by atoms with Crippen LogP contribution in [-0.2, 0) is 13.0 Å². The third kappa shape index (κ3) is 3.65. The van der Waals surface area contributed by atoms with Crippen LogP contribution in [-0.4, -0.2) is 38.0 Å². The number of hydrogen-bond acceptors (Lipinski definition) is 5. The number of aromatic nitrogens is 4. The molecule has 0 aliphatic heterocycles. The Morgan fingerprint density at radius 1 is 1.33 bits per heavy atom. The van der Waals surface area contributed by atoms with Gasteiger partial charge in [0.15, 0.2) is 0 Å². The van der Waals surface area contributed by atoms with Crippen molar-refractivity contribution in [3.8, 4) is 0 Å². The summed E-state index contributed by atoms with van der Waals surface area (Å²) in [6.07, 6.45) is 1.98. The average Bonchev–Trinajstić information content (AvgIpc) is 3.18. The van der Waals surface area contributed by atoms with Crippen LogP contribution in [0.1, 0.15) is 31.8 Å². The molecule has 3 aromatic rings. The van der Waals surface area contributed by atoms with E-state index < -0.39 is 0 Å². The Bertz CT molecular complexity index is 829. The van der Waals surface area contributed by atoms with Crippen molar-refractivity contribution in [3.63, 3.8) is 0 Å². The van der Waals surface area contributed by atoms with Crippen LogP contribution >= 0.6 is 11.3 Å². The predicted octanol–water partition coefficient (Wildman–Crippen LogP) is 2.57. The van der Waals surface area contributed by atoms with Crippen LogP contribution in [0, 0.1) is 12.7 Å². The Morgan fingerprint density at radius 3 is 2.75 bits per heavy atom. The summed E-state index contributed by atoms with van der Waals surface area (Å²) in [6, 6.07) is 6.30. The van der Waals surface area contributed by atoms with E-state index in [9.17, 15) is 9.18 Å². The fourth-order valence-corrected chi connectivity index (χ4v) is 3.37. The van der Waals surface area contributed by atoms with E-state index in [2.05, 4.69) is 20.2 Å². The van der Waals surface area contributed by atoms with Gasteiger partial charge in [0.1, 0.15) is 22.8 Å². The summed E-state index contributed by atoms with van der Waals surface area (Å²) in [4.78, 5) is 23.3. The molecule has 0 radical (unpaired) electrons. The third-order valence-corrected chi connectivity index (χ3v) is 4.65. The van der Waals surface area contributed by atoms with Gasteiger partial charge in [-0.3, -0.25) is 9.89 Å². The molecule has 8 heteroatoms. The number of halogens is 1. The van der Waals surface area contributed by atoms with Gasteiger partial charge in [0, 0.05) is 13.5 Å². The lowest BCUT2D eigenvalue weighted by atomic mass is 10.1. The van der Waals surface area contributed by atoms with Gasteiger partial charge in [0.2, 0.25) is 0 Å². The topological polar surface area (TPSA) is 74.8 Å². The maximum absolute atomic E-state index is 13.0. The highest BCUT2D eigenvalue weighted by Crippen LogP contribution is 2.22. The van der Waals surface area contributed by atoms with E-state index in [4.69, 9.17) is 0 Å². The number of nitrogens with one attached hydrogen (secondary N) is 1. The quantitative estimate of drug-likeness (QED) is 0.771. The second kappa shape index (κ2) is 6.88.